The van der Waals surface area contributed by atoms with E-state index in [2.05, 4.69) is 17.1 Å². The average Bonchev–Trinajstić information content (AvgIpc) is 3.34. The van der Waals surface area contributed by atoms with Gasteiger partial charge in [-0.25, -0.2) is 0 Å². The number of furan rings is 1. The van der Waals surface area contributed by atoms with Crippen molar-refractivity contribution in [3.63, 3.8) is 0 Å². The highest BCUT2D eigenvalue weighted by Crippen LogP contribution is 2.34. The zero-order chi connectivity index (χ0) is 26.6. The van der Waals surface area contributed by atoms with Crippen LogP contribution in [0.5, 0.6) is 0 Å². The van der Waals surface area contributed by atoms with E-state index >= 15 is 0 Å². The van der Waals surface area contributed by atoms with E-state index in [-0.39, 0.29) is 0 Å². The molecule has 4 aromatic carbocycles. The second-order valence-corrected chi connectivity index (χ2v) is 9.45. The van der Waals surface area contributed by atoms with Gasteiger partial charge in [0.05, 0.1) is 16.8 Å². The Balaban J connectivity index is 1.17. The summed E-state index contributed by atoms with van der Waals surface area (Å²) < 4.78 is 44.6. The number of benzene rings is 4. The summed E-state index contributed by atoms with van der Waals surface area (Å²) in [6, 6.07) is 31.0. The van der Waals surface area contributed by atoms with E-state index in [1.807, 2.05) is 72.9 Å². The van der Waals surface area contributed by atoms with Gasteiger partial charge in [-0.15, -0.1) is 0 Å². The Kier molecular flexibility index (Phi) is 5.23. The van der Waals surface area contributed by atoms with Gasteiger partial charge in [0.15, 0.2) is 0 Å². The lowest BCUT2D eigenvalue weighted by molar-refractivity contribution is -0.137. The second kappa shape index (κ2) is 8.81. The number of aromatic nitrogens is 2. The zero-order valence-electron chi connectivity index (χ0n) is 20.4. The highest BCUT2D eigenvalue weighted by atomic mass is 19.4. The van der Waals surface area contributed by atoms with Crippen molar-refractivity contribution >= 4 is 32.8 Å². The molecule has 39 heavy (non-hydrogen) atoms. The summed E-state index contributed by atoms with van der Waals surface area (Å²) in [7, 11) is 0. The van der Waals surface area contributed by atoms with Gasteiger partial charge in [0, 0.05) is 45.2 Å². The van der Waals surface area contributed by atoms with Gasteiger partial charge in [0.25, 0.3) is 0 Å². The van der Waals surface area contributed by atoms with Crippen LogP contribution in [0, 0.1) is 0 Å². The lowest BCUT2D eigenvalue weighted by Gasteiger charge is -2.09. The molecule has 0 amide bonds. The summed E-state index contributed by atoms with van der Waals surface area (Å²) in [6.45, 7) is 0. The molecule has 0 aliphatic rings. The molecule has 7 rings (SSSR count). The fraction of sp³-hybridized carbons (Fsp3) is 0.0303. The Labute approximate surface area is 221 Å². The SMILES string of the molecule is FC(F)(F)c1ccc(-c2ccc3cc(-c4ccc(-c5ccc6oc7ccccc7c6c5)nc4)cnc3c2)cc1. The number of nitrogens with zero attached hydrogens (tertiary/aromatic N) is 2. The molecule has 0 saturated heterocycles. The topological polar surface area (TPSA) is 38.9 Å². The van der Waals surface area contributed by atoms with Gasteiger partial charge in [-0.1, -0.05) is 48.5 Å². The van der Waals surface area contributed by atoms with Crippen molar-refractivity contribution in [2.75, 3.05) is 0 Å². The molecule has 0 aliphatic carbocycles. The monoisotopic (exact) mass is 516 g/mol. The molecule has 7 aromatic rings. The Morgan fingerprint density at radius 3 is 2.05 bits per heavy atom. The van der Waals surface area contributed by atoms with Gasteiger partial charge in [0.1, 0.15) is 11.2 Å². The molecule has 0 unspecified atom stereocenters. The van der Waals surface area contributed by atoms with Gasteiger partial charge >= 0.3 is 6.18 Å². The van der Waals surface area contributed by atoms with Crippen molar-refractivity contribution in [3.05, 3.63) is 121 Å². The molecular weight excluding hydrogens is 497 g/mol. The molecule has 0 radical (unpaired) electrons. The molecule has 3 nitrogen and oxygen atoms in total. The van der Waals surface area contributed by atoms with Crippen LogP contribution in [-0.4, -0.2) is 9.97 Å². The third kappa shape index (κ3) is 4.20. The molecule has 0 fully saturated rings. The first-order chi connectivity index (χ1) is 18.9. The van der Waals surface area contributed by atoms with Crippen LogP contribution in [0.4, 0.5) is 13.2 Å². The number of halogens is 3. The van der Waals surface area contributed by atoms with Crippen LogP contribution in [-0.2, 0) is 6.18 Å². The number of pyridine rings is 2. The van der Waals surface area contributed by atoms with E-state index in [1.165, 1.54) is 12.1 Å². The van der Waals surface area contributed by atoms with Crippen LogP contribution < -0.4 is 0 Å². The van der Waals surface area contributed by atoms with Crippen LogP contribution in [0.1, 0.15) is 5.56 Å². The molecule has 6 heteroatoms. The molecule has 0 saturated carbocycles. The summed E-state index contributed by atoms with van der Waals surface area (Å²) in [6.07, 6.45) is -0.721. The number of alkyl halides is 3. The fourth-order valence-corrected chi connectivity index (χ4v) is 4.93. The van der Waals surface area contributed by atoms with Gasteiger partial charge < -0.3 is 4.42 Å². The molecule has 3 aromatic heterocycles. The molecule has 0 aliphatic heterocycles. The average molecular weight is 517 g/mol. The molecular formula is C33H19F3N2O. The van der Waals surface area contributed by atoms with Gasteiger partial charge in [-0.3, -0.25) is 9.97 Å². The van der Waals surface area contributed by atoms with Crippen LogP contribution >= 0.6 is 0 Å². The quantitative estimate of drug-likeness (QED) is 0.235. The zero-order valence-corrected chi connectivity index (χ0v) is 20.4. The molecule has 0 atom stereocenters. The van der Waals surface area contributed by atoms with Crippen molar-refractivity contribution < 1.29 is 17.6 Å². The van der Waals surface area contributed by atoms with Crippen molar-refractivity contribution in [3.8, 4) is 33.5 Å². The predicted octanol–water partition coefficient (Wildman–Crippen LogP) is 9.55. The number of fused-ring (bicyclic) bond motifs is 4. The Hall–Kier alpha value is -4.97. The predicted molar refractivity (Wildman–Crippen MR) is 148 cm³/mol. The highest BCUT2D eigenvalue weighted by Gasteiger charge is 2.30. The van der Waals surface area contributed by atoms with Gasteiger partial charge in [0.2, 0.25) is 0 Å². The second-order valence-electron chi connectivity index (χ2n) is 9.45. The van der Waals surface area contributed by atoms with E-state index in [0.717, 1.165) is 72.9 Å². The molecule has 0 N–H and O–H groups in total. The number of hydrogen-bond donors (Lipinski definition) is 0. The first-order valence-electron chi connectivity index (χ1n) is 12.4. The molecule has 188 valence electrons. The van der Waals surface area contributed by atoms with E-state index in [9.17, 15) is 13.2 Å². The van der Waals surface area contributed by atoms with Crippen LogP contribution in [0.2, 0.25) is 0 Å². The Bertz CT molecular complexity index is 1990. The molecule has 0 spiro atoms. The maximum Gasteiger partial charge on any atom is 0.416 e. The van der Waals surface area contributed by atoms with Gasteiger partial charge in [-0.05, 0) is 65.7 Å². The fourth-order valence-electron chi connectivity index (χ4n) is 4.93. The lowest BCUT2D eigenvalue weighted by atomic mass is 10.0. The maximum absolute atomic E-state index is 12.9. The lowest BCUT2D eigenvalue weighted by Crippen LogP contribution is -2.03. The minimum atomic E-state index is -4.35. The number of rotatable bonds is 3. The number of para-hydroxylation sites is 1. The Morgan fingerprint density at radius 2 is 1.26 bits per heavy atom. The van der Waals surface area contributed by atoms with Crippen molar-refractivity contribution in [2.24, 2.45) is 0 Å². The smallest absolute Gasteiger partial charge is 0.416 e. The third-order valence-electron chi connectivity index (χ3n) is 7.00. The molecule has 3 heterocycles. The molecule has 0 bridgehead atoms. The summed E-state index contributed by atoms with van der Waals surface area (Å²) in [5.41, 5.74) is 7.07. The third-order valence-corrected chi connectivity index (χ3v) is 7.00. The van der Waals surface area contributed by atoms with Crippen LogP contribution in [0.3, 0.4) is 0 Å². The van der Waals surface area contributed by atoms with E-state index in [4.69, 9.17) is 9.40 Å². The minimum absolute atomic E-state index is 0.662. The standard InChI is InChI=1S/C33H19F3N2O/c34-33(35,36)26-11-7-20(8-12-26)21-5-6-22-15-25(19-38-30(22)17-21)24-9-13-29(37-18-24)23-10-14-32-28(16-23)27-3-1-2-4-31(27)39-32/h1-19H. The van der Waals surface area contributed by atoms with Crippen LogP contribution in [0.15, 0.2) is 120 Å². The van der Waals surface area contributed by atoms with Crippen LogP contribution in [0.25, 0.3) is 66.4 Å². The van der Waals surface area contributed by atoms with E-state index < -0.39 is 11.7 Å². The van der Waals surface area contributed by atoms with Crippen molar-refractivity contribution in [2.45, 2.75) is 6.18 Å². The van der Waals surface area contributed by atoms with Gasteiger partial charge in [-0.2, -0.15) is 13.2 Å². The van der Waals surface area contributed by atoms with E-state index in [0.29, 0.717) is 5.56 Å². The van der Waals surface area contributed by atoms with Crippen molar-refractivity contribution in [1.82, 2.24) is 9.97 Å². The highest BCUT2D eigenvalue weighted by molar-refractivity contribution is 6.06. The van der Waals surface area contributed by atoms with E-state index in [1.54, 1.807) is 6.20 Å². The van der Waals surface area contributed by atoms with Crippen molar-refractivity contribution in [1.29, 1.82) is 0 Å². The maximum atomic E-state index is 12.9. The summed E-state index contributed by atoms with van der Waals surface area (Å²) in [4.78, 5) is 9.34. The summed E-state index contributed by atoms with van der Waals surface area (Å²) in [5.74, 6) is 0. The largest absolute Gasteiger partial charge is 0.456 e. The summed E-state index contributed by atoms with van der Waals surface area (Å²) in [5, 5.41) is 3.07. The Morgan fingerprint density at radius 1 is 0.538 bits per heavy atom. The normalized spacial score (nSPS) is 12.0. The first kappa shape index (κ1) is 23.2. The minimum Gasteiger partial charge on any atom is -0.456 e. The number of hydrogen-bond acceptors (Lipinski definition) is 3. The first-order valence-corrected chi connectivity index (χ1v) is 12.4. The summed E-state index contributed by atoms with van der Waals surface area (Å²) >= 11 is 0.